The highest BCUT2D eigenvalue weighted by atomic mass is 16.5. The summed E-state index contributed by atoms with van der Waals surface area (Å²) in [5, 5.41) is 7.52. The van der Waals surface area contributed by atoms with Gasteiger partial charge in [-0.25, -0.2) is 4.68 Å². The molecule has 0 radical (unpaired) electrons. The number of aromatic nitrogens is 2. The van der Waals surface area contributed by atoms with E-state index in [0.717, 1.165) is 38.5 Å². The monoisotopic (exact) mass is 294 g/mol. The van der Waals surface area contributed by atoms with Gasteiger partial charge in [0.15, 0.2) is 0 Å². The molecule has 2 rings (SSSR count). The molecule has 0 spiro atoms. The molecule has 0 unspecified atom stereocenters. The van der Waals surface area contributed by atoms with Crippen LogP contribution >= 0.6 is 0 Å². The van der Waals surface area contributed by atoms with Crippen LogP contribution in [0.1, 0.15) is 26.2 Å². The minimum Gasteiger partial charge on any atom is -0.380 e. The van der Waals surface area contributed by atoms with Gasteiger partial charge in [0, 0.05) is 38.9 Å². The summed E-state index contributed by atoms with van der Waals surface area (Å²) < 4.78 is 6.76. The molecule has 6 nitrogen and oxygen atoms in total. The largest absolute Gasteiger partial charge is 0.380 e. The first-order valence-corrected chi connectivity index (χ1v) is 7.92. The summed E-state index contributed by atoms with van der Waals surface area (Å²) in [4.78, 5) is 14.3. The predicted molar refractivity (Wildman–Crippen MR) is 83.9 cm³/mol. The number of piperidine rings is 1. The Hall–Kier alpha value is -1.40. The Morgan fingerprint density at radius 3 is 2.81 bits per heavy atom. The number of rotatable bonds is 8. The highest BCUT2D eigenvalue weighted by Crippen LogP contribution is 2.16. The standard InChI is InChI=1S/C15H26N4O2/c1-2-21-11-7-16-6-10-19-15(20)12-14(13-17-19)18-8-4-3-5-9-18/h12-13,16H,2-11H2,1H3. The zero-order valence-electron chi connectivity index (χ0n) is 12.9. The maximum atomic E-state index is 12.1. The summed E-state index contributed by atoms with van der Waals surface area (Å²) in [6.45, 7) is 7.59. The Morgan fingerprint density at radius 2 is 2.10 bits per heavy atom. The van der Waals surface area contributed by atoms with Crippen molar-refractivity contribution in [1.82, 2.24) is 15.1 Å². The van der Waals surface area contributed by atoms with Crippen molar-refractivity contribution in [1.29, 1.82) is 0 Å². The fraction of sp³-hybridized carbons (Fsp3) is 0.733. The molecule has 1 aromatic heterocycles. The predicted octanol–water partition coefficient (Wildman–Crippen LogP) is 0.860. The zero-order valence-corrected chi connectivity index (χ0v) is 12.9. The Balaban J connectivity index is 1.80. The fourth-order valence-corrected chi connectivity index (χ4v) is 2.52. The first-order chi connectivity index (χ1) is 10.3. The normalized spacial score (nSPS) is 15.4. The zero-order chi connectivity index (χ0) is 14.9. The number of nitrogens with zero attached hydrogens (tertiary/aromatic N) is 3. The lowest BCUT2D eigenvalue weighted by molar-refractivity contribution is 0.149. The molecule has 0 aliphatic carbocycles. The summed E-state index contributed by atoms with van der Waals surface area (Å²) >= 11 is 0. The van der Waals surface area contributed by atoms with Gasteiger partial charge in [-0.15, -0.1) is 0 Å². The molecule has 0 bridgehead atoms. The number of ether oxygens (including phenoxy) is 1. The molecule has 21 heavy (non-hydrogen) atoms. The average Bonchev–Trinajstić information content (AvgIpc) is 2.53. The Morgan fingerprint density at radius 1 is 1.29 bits per heavy atom. The minimum absolute atomic E-state index is 0.0234. The number of nitrogens with one attached hydrogen (secondary N) is 1. The summed E-state index contributed by atoms with van der Waals surface area (Å²) in [6, 6.07) is 1.71. The van der Waals surface area contributed by atoms with E-state index in [4.69, 9.17) is 4.74 Å². The number of hydrogen-bond donors (Lipinski definition) is 1. The second kappa shape index (κ2) is 8.79. The molecule has 1 aromatic rings. The Bertz CT molecular complexity index is 469. The highest BCUT2D eigenvalue weighted by Gasteiger charge is 2.12. The Labute approximate surface area is 126 Å². The summed E-state index contributed by atoms with van der Waals surface area (Å²) in [7, 11) is 0. The molecule has 0 atom stereocenters. The van der Waals surface area contributed by atoms with Crippen molar-refractivity contribution in [2.45, 2.75) is 32.7 Å². The van der Waals surface area contributed by atoms with Crippen LogP contribution in [-0.4, -0.2) is 49.2 Å². The molecule has 1 saturated heterocycles. The van der Waals surface area contributed by atoms with E-state index in [2.05, 4.69) is 15.3 Å². The topological polar surface area (TPSA) is 59.4 Å². The van der Waals surface area contributed by atoms with E-state index >= 15 is 0 Å². The SMILES string of the molecule is CCOCCNCCn1ncc(N2CCCCC2)cc1=O. The third kappa shape index (κ3) is 5.13. The van der Waals surface area contributed by atoms with Crippen molar-refractivity contribution in [3.05, 3.63) is 22.6 Å². The molecule has 0 aromatic carbocycles. The van der Waals surface area contributed by atoms with Gasteiger partial charge < -0.3 is 15.0 Å². The molecule has 0 amide bonds. The number of hydrogen-bond acceptors (Lipinski definition) is 5. The minimum atomic E-state index is -0.0234. The summed E-state index contributed by atoms with van der Waals surface area (Å²) in [6.07, 6.45) is 5.50. The van der Waals surface area contributed by atoms with Crippen LogP contribution in [0.5, 0.6) is 0 Å². The van der Waals surface area contributed by atoms with Crippen molar-refractivity contribution in [2.75, 3.05) is 44.3 Å². The van der Waals surface area contributed by atoms with Crippen molar-refractivity contribution >= 4 is 5.69 Å². The van der Waals surface area contributed by atoms with Crippen LogP contribution in [-0.2, 0) is 11.3 Å². The van der Waals surface area contributed by atoms with Crippen LogP contribution in [0.4, 0.5) is 5.69 Å². The highest BCUT2D eigenvalue weighted by molar-refractivity contribution is 5.43. The molecule has 1 fully saturated rings. The van der Waals surface area contributed by atoms with Gasteiger partial charge in [-0.1, -0.05) is 0 Å². The average molecular weight is 294 g/mol. The third-order valence-electron chi connectivity index (χ3n) is 3.70. The molecule has 6 heteroatoms. The first-order valence-electron chi connectivity index (χ1n) is 7.92. The van der Waals surface area contributed by atoms with Crippen LogP contribution in [0.15, 0.2) is 17.1 Å². The van der Waals surface area contributed by atoms with E-state index in [-0.39, 0.29) is 5.56 Å². The van der Waals surface area contributed by atoms with Crippen molar-refractivity contribution in [2.24, 2.45) is 0 Å². The molecular formula is C15H26N4O2. The van der Waals surface area contributed by atoms with Gasteiger partial charge in [0.25, 0.3) is 5.56 Å². The molecule has 1 N–H and O–H groups in total. The molecular weight excluding hydrogens is 268 g/mol. The van der Waals surface area contributed by atoms with Crippen LogP contribution in [0.3, 0.4) is 0 Å². The molecule has 118 valence electrons. The van der Waals surface area contributed by atoms with Crippen LogP contribution in [0.25, 0.3) is 0 Å². The van der Waals surface area contributed by atoms with Crippen LogP contribution in [0, 0.1) is 0 Å². The molecule has 1 aliphatic rings. The third-order valence-corrected chi connectivity index (χ3v) is 3.70. The maximum Gasteiger partial charge on any atom is 0.268 e. The van der Waals surface area contributed by atoms with Crippen molar-refractivity contribution < 1.29 is 4.74 Å². The van der Waals surface area contributed by atoms with Crippen LogP contribution < -0.4 is 15.8 Å². The molecule has 2 heterocycles. The van der Waals surface area contributed by atoms with Crippen molar-refractivity contribution in [3.8, 4) is 0 Å². The lowest BCUT2D eigenvalue weighted by Crippen LogP contribution is -2.33. The molecule has 1 aliphatic heterocycles. The van der Waals surface area contributed by atoms with E-state index in [1.165, 1.54) is 23.9 Å². The summed E-state index contributed by atoms with van der Waals surface area (Å²) in [5.41, 5.74) is 0.935. The van der Waals surface area contributed by atoms with E-state index < -0.39 is 0 Å². The van der Waals surface area contributed by atoms with Gasteiger partial charge in [0.1, 0.15) is 0 Å². The van der Waals surface area contributed by atoms with Gasteiger partial charge in [-0.3, -0.25) is 4.79 Å². The second-order valence-corrected chi connectivity index (χ2v) is 5.27. The first kappa shape index (κ1) is 16.0. The smallest absolute Gasteiger partial charge is 0.268 e. The van der Waals surface area contributed by atoms with E-state index in [1.807, 2.05) is 13.1 Å². The van der Waals surface area contributed by atoms with E-state index in [1.54, 1.807) is 6.07 Å². The Kier molecular flexibility index (Phi) is 6.69. The van der Waals surface area contributed by atoms with Crippen LogP contribution in [0.2, 0.25) is 0 Å². The summed E-state index contributed by atoms with van der Waals surface area (Å²) in [5.74, 6) is 0. The second-order valence-electron chi connectivity index (χ2n) is 5.27. The fourth-order valence-electron chi connectivity index (χ4n) is 2.52. The lowest BCUT2D eigenvalue weighted by Gasteiger charge is -2.28. The van der Waals surface area contributed by atoms with E-state index in [0.29, 0.717) is 13.2 Å². The number of anilines is 1. The van der Waals surface area contributed by atoms with Gasteiger partial charge in [0.2, 0.25) is 0 Å². The maximum absolute atomic E-state index is 12.1. The quantitative estimate of drug-likeness (QED) is 0.721. The van der Waals surface area contributed by atoms with Gasteiger partial charge in [-0.2, -0.15) is 5.10 Å². The van der Waals surface area contributed by atoms with Gasteiger partial charge in [0.05, 0.1) is 25.0 Å². The molecule has 0 saturated carbocycles. The van der Waals surface area contributed by atoms with Crippen molar-refractivity contribution in [3.63, 3.8) is 0 Å². The van der Waals surface area contributed by atoms with E-state index in [9.17, 15) is 4.79 Å². The van der Waals surface area contributed by atoms with Gasteiger partial charge in [-0.05, 0) is 26.2 Å². The lowest BCUT2D eigenvalue weighted by atomic mass is 10.1. The van der Waals surface area contributed by atoms with Gasteiger partial charge >= 0.3 is 0 Å².